The Hall–Kier alpha value is -1.69. The second-order valence-electron chi connectivity index (χ2n) is 4.48. The van der Waals surface area contributed by atoms with Gasteiger partial charge in [0.2, 0.25) is 6.20 Å². The predicted molar refractivity (Wildman–Crippen MR) is 66.5 cm³/mol. The maximum absolute atomic E-state index is 12.4. The monoisotopic (exact) mass is 267 g/mol. The van der Waals surface area contributed by atoms with Crippen LogP contribution in [0.25, 0.3) is 0 Å². The molecule has 0 aliphatic heterocycles. The number of hydrogen-bond acceptors (Lipinski definition) is 4. The Kier molecular flexibility index (Phi) is 2.98. The number of sulfone groups is 1. The maximum atomic E-state index is 12.4. The van der Waals surface area contributed by atoms with Crippen molar-refractivity contribution in [3.05, 3.63) is 52.2 Å². The Morgan fingerprint density at radius 3 is 2.28 bits per heavy atom. The average molecular weight is 267 g/mol. The van der Waals surface area contributed by atoms with Crippen LogP contribution in [-0.4, -0.2) is 18.1 Å². The van der Waals surface area contributed by atoms with E-state index in [0.717, 1.165) is 11.8 Å². The van der Waals surface area contributed by atoms with Gasteiger partial charge in [-0.2, -0.15) is 0 Å². The highest BCUT2D eigenvalue weighted by Gasteiger charge is 2.53. The topological polar surface area (TPSA) is 77.3 Å². The van der Waals surface area contributed by atoms with Crippen LogP contribution in [0.1, 0.15) is 18.4 Å². The van der Waals surface area contributed by atoms with Crippen molar-refractivity contribution < 1.29 is 13.3 Å². The van der Waals surface area contributed by atoms with Crippen LogP contribution in [0.15, 0.2) is 41.4 Å². The van der Waals surface area contributed by atoms with E-state index in [2.05, 4.69) is 0 Å². The first-order valence-corrected chi connectivity index (χ1v) is 7.00. The first kappa shape index (κ1) is 12.8. The number of nitro groups is 1. The number of rotatable bonds is 4. The summed E-state index contributed by atoms with van der Waals surface area (Å²) >= 11 is 0. The molecule has 6 heteroatoms. The Morgan fingerprint density at radius 2 is 1.83 bits per heavy atom. The minimum atomic E-state index is -3.53. The summed E-state index contributed by atoms with van der Waals surface area (Å²) in [5, 5.41) is 10.3. The highest BCUT2D eigenvalue weighted by atomic mass is 32.2. The maximum Gasteiger partial charge on any atom is 0.232 e. The van der Waals surface area contributed by atoms with Gasteiger partial charge in [0.25, 0.3) is 0 Å². The molecule has 0 radical (unpaired) electrons. The van der Waals surface area contributed by atoms with Crippen molar-refractivity contribution in [1.29, 1.82) is 0 Å². The second-order valence-corrected chi connectivity index (χ2v) is 6.77. The Morgan fingerprint density at radius 1 is 1.28 bits per heavy atom. The second kappa shape index (κ2) is 4.20. The summed E-state index contributed by atoms with van der Waals surface area (Å²) in [6.07, 6.45) is 2.79. The zero-order valence-electron chi connectivity index (χ0n) is 9.87. The summed E-state index contributed by atoms with van der Waals surface area (Å²) in [6.45, 7) is 1.87. The minimum Gasteiger partial charge on any atom is -0.259 e. The van der Waals surface area contributed by atoms with Gasteiger partial charge in [0, 0.05) is 6.08 Å². The molecule has 0 unspecified atom stereocenters. The molecule has 5 nitrogen and oxygen atoms in total. The molecule has 0 atom stereocenters. The molecule has 1 aliphatic carbocycles. The lowest BCUT2D eigenvalue weighted by Gasteiger charge is -2.11. The van der Waals surface area contributed by atoms with Gasteiger partial charge in [-0.15, -0.1) is 0 Å². The van der Waals surface area contributed by atoms with E-state index in [1.54, 1.807) is 24.3 Å². The molecule has 2 rings (SSSR count). The largest absolute Gasteiger partial charge is 0.259 e. The molecule has 96 valence electrons. The van der Waals surface area contributed by atoms with Gasteiger partial charge >= 0.3 is 0 Å². The fraction of sp³-hybridized carbons (Fsp3) is 0.333. The lowest BCUT2D eigenvalue weighted by atomic mass is 10.2. The summed E-state index contributed by atoms with van der Waals surface area (Å²) in [7, 11) is -3.53. The Bertz CT molecular complexity index is 597. The van der Waals surface area contributed by atoms with Crippen molar-refractivity contribution in [3.63, 3.8) is 0 Å². The molecule has 0 saturated heterocycles. The first-order valence-electron chi connectivity index (χ1n) is 5.52. The molecule has 1 fully saturated rings. The summed E-state index contributed by atoms with van der Waals surface area (Å²) in [5.74, 6) is 0. The first-order chi connectivity index (χ1) is 8.37. The number of aryl methyl sites for hydroxylation is 1. The lowest BCUT2D eigenvalue weighted by Crippen LogP contribution is -2.21. The fourth-order valence-corrected chi connectivity index (χ4v) is 3.64. The van der Waals surface area contributed by atoms with Crippen LogP contribution >= 0.6 is 0 Å². The van der Waals surface area contributed by atoms with E-state index in [-0.39, 0.29) is 4.90 Å². The molecule has 0 spiro atoms. The van der Waals surface area contributed by atoms with Crippen molar-refractivity contribution in [3.8, 4) is 0 Å². The third-order valence-electron chi connectivity index (χ3n) is 3.11. The van der Waals surface area contributed by atoms with Crippen molar-refractivity contribution in [2.24, 2.45) is 0 Å². The summed E-state index contributed by atoms with van der Waals surface area (Å²) in [4.78, 5) is 9.89. The van der Waals surface area contributed by atoms with Crippen molar-refractivity contribution in [2.75, 3.05) is 0 Å². The molecular weight excluding hydrogens is 254 g/mol. The van der Waals surface area contributed by atoms with Crippen LogP contribution in [0.2, 0.25) is 0 Å². The molecule has 0 heterocycles. The molecule has 18 heavy (non-hydrogen) atoms. The molecule has 0 N–H and O–H groups in total. The third kappa shape index (κ3) is 2.15. The van der Waals surface area contributed by atoms with E-state index in [1.165, 1.54) is 6.08 Å². The SMILES string of the molecule is Cc1ccc(S(=O)(=O)C2(C=C[N+](=O)[O-])CC2)cc1. The molecule has 1 aliphatic rings. The van der Waals surface area contributed by atoms with E-state index in [0.29, 0.717) is 12.8 Å². The number of hydrogen-bond donors (Lipinski definition) is 0. The molecule has 1 aromatic rings. The quantitative estimate of drug-likeness (QED) is 0.618. The average Bonchev–Trinajstić information content (AvgIpc) is 3.08. The standard InChI is InChI=1S/C12H13NO4S/c1-10-2-4-11(5-3-10)18(16,17)12(6-7-12)8-9-13(14)15/h2-5,8-9H,6-7H2,1H3. The zero-order valence-corrected chi connectivity index (χ0v) is 10.7. The highest BCUT2D eigenvalue weighted by Crippen LogP contribution is 2.47. The van der Waals surface area contributed by atoms with Gasteiger partial charge in [-0.1, -0.05) is 17.7 Å². The van der Waals surface area contributed by atoms with Gasteiger partial charge in [0.15, 0.2) is 9.84 Å². The van der Waals surface area contributed by atoms with Gasteiger partial charge in [-0.05, 0) is 31.9 Å². The van der Waals surface area contributed by atoms with E-state index in [1.807, 2.05) is 6.92 Å². The lowest BCUT2D eigenvalue weighted by molar-refractivity contribution is -0.402. The highest BCUT2D eigenvalue weighted by molar-refractivity contribution is 7.93. The van der Waals surface area contributed by atoms with Crippen LogP contribution in [0.4, 0.5) is 0 Å². The summed E-state index contributed by atoms with van der Waals surface area (Å²) < 4.78 is 23.7. The summed E-state index contributed by atoms with van der Waals surface area (Å²) in [6, 6.07) is 6.54. The molecule has 1 saturated carbocycles. The third-order valence-corrected chi connectivity index (χ3v) is 5.62. The molecule has 0 amide bonds. The Labute approximate surface area is 105 Å². The zero-order chi connectivity index (χ0) is 13.4. The van der Waals surface area contributed by atoms with Crippen molar-refractivity contribution in [2.45, 2.75) is 29.4 Å². The van der Waals surface area contributed by atoms with E-state index in [9.17, 15) is 18.5 Å². The molecular formula is C12H13NO4S. The minimum absolute atomic E-state index is 0.221. The molecule has 1 aromatic carbocycles. The van der Waals surface area contributed by atoms with Gasteiger partial charge in [0.1, 0.15) is 4.75 Å². The summed E-state index contributed by atoms with van der Waals surface area (Å²) in [5.41, 5.74) is 0.972. The van der Waals surface area contributed by atoms with E-state index < -0.39 is 19.5 Å². The smallest absolute Gasteiger partial charge is 0.232 e. The van der Waals surface area contributed by atoms with E-state index >= 15 is 0 Å². The molecule has 0 aromatic heterocycles. The number of nitrogens with zero attached hydrogens (tertiary/aromatic N) is 1. The van der Waals surface area contributed by atoms with Gasteiger partial charge in [0.05, 0.1) is 9.82 Å². The van der Waals surface area contributed by atoms with E-state index in [4.69, 9.17) is 0 Å². The number of benzene rings is 1. The predicted octanol–water partition coefficient (Wildman–Crippen LogP) is 2.09. The fourth-order valence-electron chi connectivity index (χ4n) is 1.80. The van der Waals surface area contributed by atoms with Crippen LogP contribution in [0.5, 0.6) is 0 Å². The molecule has 0 bridgehead atoms. The van der Waals surface area contributed by atoms with Gasteiger partial charge < -0.3 is 0 Å². The van der Waals surface area contributed by atoms with Gasteiger partial charge in [-0.25, -0.2) is 8.42 Å². The van der Waals surface area contributed by atoms with Crippen LogP contribution < -0.4 is 0 Å². The van der Waals surface area contributed by atoms with Crippen LogP contribution in [0.3, 0.4) is 0 Å². The van der Waals surface area contributed by atoms with Crippen molar-refractivity contribution >= 4 is 9.84 Å². The Balaban J connectivity index is 2.37. The normalized spacial score (nSPS) is 17.8. The van der Waals surface area contributed by atoms with Gasteiger partial charge in [-0.3, -0.25) is 10.1 Å². The van der Waals surface area contributed by atoms with Crippen molar-refractivity contribution in [1.82, 2.24) is 0 Å². The van der Waals surface area contributed by atoms with Crippen LogP contribution in [0, 0.1) is 17.0 Å². The van der Waals surface area contributed by atoms with Crippen LogP contribution in [-0.2, 0) is 9.84 Å².